The molecular formula is C22H25F3N2O3S. The van der Waals surface area contributed by atoms with E-state index in [-0.39, 0.29) is 16.0 Å². The summed E-state index contributed by atoms with van der Waals surface area (Å²) in [6.07, 6.45) is -2.99. The van der Waals surface area contributed by atoms with Gasteiger partial charge in [0, 0.05) is 10.6 Å². The van der Waals surface area contributed by atoms with Gasteiger partial charge < -0.3 is 15.4 Å². The SMILES string of the molecule is COc1ccc(NC(=O)c2c(NC(=O)C(F)(F)F)sc3c2CCC(C(C)(C)C)C3)cc1. The van der Waals surface area contributed by atoms with Crippen molar-refractivity contribution in [1.29, 1.82) is 0 Å². The van der Waals surface area contributed by atoms with E-state index in [1.165, 1.54) is 7.11 Å². The summed E-state index contributed by atoms with van der Waals surface area (Å²) in [5.41, 5.74) is 1.33. The second kappa shape index (κ2) is 8.53. The Balaban J connectivity index is 1.95. The molecule has 2 amide bonds. The largest absolute Gasteiger partial charge is 0.497 e. The summed E-state index contributed by atoms with van der Waals surface area (Å²) in [6.45, 7) is 6.37. The number of carbonyl (C=O) groups is 2. The van der Waals surface area contributed by atoms with Crippen molar-refractivity contribution in [2.75, 3.05) is 17.7 Å². The minimum absolute atomic E-state index is 0.0303. The number of ether oxygens (including phenoxy) is 1. The third-order valence-electron chi connectivity index (χ3n) is 5.55. The van der Waals surface area contributed by atoms with Crippen molar-refractivity contribution < 1.29 is 27.5 Å². The number of rotatable bonds is 4. The van der Waals surface area contributed by atoms with Crippen LogP contribution in [0.4, 0.5) is 23.9 Å². The highest BCUT2D eigenvalue weighted by Crippen LogP contribution is 2.44. The molecule has 2 N–H and O–H groups in total. The van der Waals surface area contributed by atoms with Crippen LogP contribution in [0.5, 0.6) is 5.75 Å². The molecule has 1 atom stereocenters. The maximum absolute atomic E-state index is 13.1. The van der Waals surface area contributed by atoms with Gasteiger partial charge in [0.2, 0.25) is 0 Å². The zero-order valence-corrected chi connectivity index (χ0v) is 18.6. The van der Waals surface area contributed by atoms with Crippen LogP contribution in [-0.2, 0) is 17.6 Å². The van der Waals surface area contributed by atoms with Gasteiger partial charge in [0.15, 0.2) is 0 Å². The van der Waals surface area contributed by atoms with E-state index in [1.807, 2.05) is 5.32 Å². The first-order valence-corrected chi connectivity index (χ1v) is 10.7. The van der Waals surface area contributed by atoms with E-state index in [0.29, 0.717) is 35.8 Å². The van der Waals surface area contributed by atoms with Crippen molar-refractivity contribution in [2.24, 2.45) is 11.3 Å². The standard InChI is InChI=1S/C22H25F3N2O3S/c1-21(2,3)12-5-10-15-16(11-12)31-19(27-20(29)22(23,24)25)17(15)18(28)26-13-6-8-14(30-4)9-7-13/h6-9,12H,5,10-11H2,1-4H3,(H,26,28)(H,27,29). The Hall–Kier alpha value is -2.55. The van der Waals surface area contributed by atoms with Gasteiger partial charge in [0.05, 0.1) is 12.7 Å². The Morgan fingerprint density at radius 1 is 1.10 bits per heavy atom. The number of hydrogen-bond acceptors (Lipinski definition) is 4. The van der Waals surface area contributed by atoms with Crippen molar-refractivity contribution in [3.05, 3.63) is 40.3 Å². The van der Waals surface area contributed by atoms with Crippen LogP contribution in [0.15, 0.2) is 24.3 Å². The number of hydrogen-bond donors (Lipinski definition) is 2. The molecule has 0 bridgehead atoms. The number of carbonyl (C=O) groups excluding carboxylic acids is 2. The van der Waals surface area contributed by atoms with Crippen LogP contribution in [0, 0.1) is 11.3 Å². The van der Waals surface area contributed by atoms with E-state index >= 15 is 0 Å². The predicted octanol–water partition coefficient (Wildman–Crippen LogP) is 5.66. The molecule has 0 saturated heterocycles. The number of thiophene rings is 1. The van der Waals surface area contributed by atoms with Gasteiger partial charge in [-0.15, -0.1) is 11.3 Å². The molecule has 3 rings (SSSR count). The van der Waals surface area contributed by atoms with Crippen molar-refractivity contribution in [3.63, 3.8) is 0 Å². The van der Waals surface area contributed by atoms with E-state index in [0.717, 1.165) is 22.6 Å². The van der Waals surface area contributed by atoms with Gasteiger partial charge in [0.1, 0.15) is 10.8 Å². The van der Waals surface area contributed by atoms with Gasteiger partial charge in [-0.2, -0.15) is 13.2 Å². The normalized spacial score (nSPS) is 16.4. The zero-order valence-electron chi connectivity index (χ0n) is 17.8. The van der Waals surface area contributed by atoms with Gasteiger partial charge in [-0.25, -0.2) is 0 Å². The average Bonchev–Trinajstić information content (AvgIpc) is 3.04. The zero-order chi connectivity index (χ0) is 23.0. The van der Waals surface area contributed by atoms with Crippen molar-refractivity contribution in [1.82, 2.24) is 0 Å². The molecule has 5 nitrogen and oxygen atoms in total. The number of halogens is 3. The first-order chi connectivity index (χ1) is 14.4. The van der Waals surface area contributed by atoms with E-state index < -0.39 is 18.0 Å². The molecule has 1 aromatic carbocycles. The number of fused-ring (bicyclic) bond motifs is 1. The third-order valence-corrected chi connectivity index (χ3v) is 6.72. The van der Waals surface area contributed by atoms with Crippen molar-refractivity contribution in [2.45, 2.75) is 46.2 Å². The Labute approximate surface area is 183 Å². The lowest BCUT2D eigenvalue weighted by Gasteiger charge is -2.33. The highest BCUT2D eigenvalue weighted by molar-refractivity contribution is 7.17. The second-order valence-corrected chi connectivity index (χ2v) is 9.75. The molecule has 0 radical (unpaired) electrons. The summed E-state index contributed by atoms with van der Waals surface area (Å²) in [5, 5.41) is 4.58. The fourth-order valence-electron chi connectivity index (χ4n) is 3.70. The Morgan fingerprint density at radius 2 is 1.74 bits per heavy atom. The minimum atomic E-state index is -5.04. The number of methoxy groups -OCH3 is 1. The number of alkyl halides is 3. The summed E-state index contributed by atoms with van der Waals surface area (Å²) in [5.74, 6) is -1.69. The molecule has 1 aliphatic rings. The molecule has 1 unspecified atom stereocenters. The number of benzene rings is 1. The quantitative estimate of drug-likeness (QED) is 0.626. The molecule has 0 saturated carbocycles. The molecule has 2 aromatic rings. The van der Waals surface area contributed by atoms with Crippen LogP contribution >= 0.6 is 11.3 Å². The van der Waals surface area contributed by atoms with Crippen LogP contribution in [0.2, 0.25) is 0 Å². The van der Waals surface area contributed by atoms with Gasteiger partial charge in [-0.3, -0.25) is 9.59 Å². The summed E-state index contributed by atoms with van der Waals surface area (Å²) in [7, 11) is 1.52. The molecule has 1 aromatic heterocycles. The lowest BCUT2D eigenvalue weighted by atomic mass is 9.72. The number of anilines is 2. The maximum Gasteiger partial charge on any atom is 0.471 e. The van der Waals surface area contributed by atoms with Gasteiger partial charge >= 0.3 is 12.1 Å². The van der Waals surface area contributed by atoms with Gasteiger partial charge in [0.25, 0.3) is 5.91 Å². The Bertz CT molecular complexity index is 976. The number of amides is 2. The Kier molecular flexibility index (Phi) is 6.36. The molecule has 1 heterocycles. The molecule has 168 valence electrons. The minimum Gasteiger partial charge on any atom is -0.497 e. The van der Waals surface area contributed by atoms with Crippen molar-refractivity contribution in [3.8, 4) is 5.75 Å². The third kappa shape index (κ3) is 5.20. The first kappa shape index (κ1) is 23.1. The molecule has 0 aliphatic heterocycles. The summed E-state index contributed by atoms with van der Waals surface area (Å²) in [6, 6.07) is 6.61. The highest BCUT2D eigenvalue weighted by atomic mass is 32.1. The van der Waals surface area contributed by atoms with Gasteiger partial charge in [-0.05, 0) is 60.4 Å². The smallest absolute Gasteiger partial charge is 0.471 e. The lowest BCUT2D eigenvalue weighted by Crippen LogP contribution is -2.30. The van der Waals surface area contributed by atoms with Gasteiger partial charge in [-0.1, -0.05) is 20.8 Å². The molecule has 0 spiro atoms. The molecule has 0 fully saturated rings. The topological polar surface area (TPSA) is 67.4 Å². The van der Waals surface area contributed by atoms with E-state index in [9.17, 15) is 22.8 Å². The van der Waals surface area contributed by atoms with E-state index in [2.05, 4.69) is 26.1 Å². The fourth-order valence-corrected chi connectivity index (χ4v) is 5.02. The van der Waals surface area contributed by atoms with E-state index in [1.54, 1.807) is 24.3 Å². The Morgan fingerprint density at radius 3 is 2.29 bits per heavy atom. The van der Waals surface area contributed by atoms with Crippen LogP contribution in [0.25, 0.3) is 0 Å². The molecule has 1 aliphatic carbocycles. The first-order valence-electron chi connectivity index (χ1n) is 9.88. The highest BCUT2D eigenvalue weighted by Gasteiger charge is 2.41. The molecule has 31 heavy (non-hydrogen) atoms. The summed E-state index contributed by atoms with van der Waals surface area (Å²) < 4.78 is 43.7. The van der Waals surface area contributed by atoms with Crippen LogP contribution in [0.1, 0.15) is 48.0 Å². The average molecular weight is 455 g/mol. The molecular weight excluding hydrogens is 429 g/mol. The predicted molar refractivity (Wildman–Crippen MR) is 115 cm³/mol. The summed E-state index contributed by atoms with van der Waals surface area (Å²) in [4.78, 5) is 25.5. The second-order valence-electron chi connectivity index (χ2n) is 8.65. The maximum atomic E-state index is 13.1. The van der Waals surface area contributed by atoms with E-state index in [4.69, 9.17) is 4.74 Å². The van der Waals surface area contributed by atoms with Crippen LogP contribution < -0.4 is 15.4 Å². The molecule has 9 heteroatoms. The van der Waals surface area contributed by atoms with Crippen LogP contribution in [-0.4, -0.2) is 25.1 Å². The van der Waals surface area contributed by atoms with Crippen LogP contribution in [0.3, 0.4) is 0 Å². The van der Waals surface area contributed by atoms with Crippen molar-refractivity contribution >= 4 is 33.8 Å². The summed E-state index contributed by atoms with van der Waals surface area (Å²) >= 11 is 1.06. The monoisotopic (exact) mass is 454 g/mol. The fraction of sp³-hybridized carbons (Fsp3) is 0.455. The lowest BCUT2D eigenvalue weighted by molar-refractivity contribution is -0.167. The number of nitrogens with one attached hydrogen (secondary N) is 2.